The van der Waals surface area contributed by atoms with Crippen LogP contribution in [0.15, 0.2) is 0 Å². The molecule has 0 saturated carbocycles. The van der Waals surface area contributed by atoms with Crippen molar-refractivity contribution in [1.29, 1.82) is 0 Å². The van der Waals surface area contributed by atoms with Gasteiger partial charge in [-0.15, -0.1) is 5.10 Å². The molecule has 96 valence electrons. The van der Waals surface area contributed by atoms with Gasteiger partial charge in [0.25, 0.3) is 0 Å². The van der Waals surface area contributed by atoms with Gasteiger partial charge in [0.1, 0.15) is 0 Å². The van der Waals surface area contributed by atoms with Gasteiger partial charge in [-0.25, -0.2) is 9.48 Å². The van der Waals surface area contributed by atoms with Crippen molar-refractivity contribution in [2.75, 3.05) is 6.61 Å². The van der Waals surface area contributed by atoms with E-state index in [0.717, 1.165) is 25.1 Å². The predicted molar refractivity (Wildman–Crippen MR) is 64.8 cm³/mol. The van der Waals surface area contributed by atoms with Gasteiger partial charge in [-0.2, -0.15) is 0 Å². The summed E-state index contributed by atoms with van der Waals surface area (Å²) in [4.78, 5) is 11.6. The van der Waals surface area contributed by atoms with Gasteiger partial charge in [-0.1, -0.05) is 31.9 Å². The summed E-state index contributed by atoms with van der Waals surface area (Å²) in [7, 11) is 0. The molecule has 5 heteroatoms. The van der Waals surface area contributed by atoms with Crippen LogP contribution in [-0.2, 0) is 11.3 Å². The van der Waals surface area contributed by atoms with E-state index in [2.05, 4.69) is 24.2 Å². The van der Waals surface area contributed by atoms with Crippen molar-refractivity contribution in [2.45, 2.75) is 47.1 Å². The van der Waals surface area contributed by atoms with Gasteiger partial charge in [0.05, 0.1) is 12.3 Å². The normalized spacial score (nSPS) is 10.9. The molecule has 0 radical (unpaired) electrons. The van der Waals surface area contributed by atoms with E-state index in [4.69, 9.17) is 4.74 Å². The molecule has 1 aromatic heterocycles. The van der Waals surface area contributed by atoms with Crippen LogP contribution < -0.4 is 0 Å². The fraction of sp³-hybridized carbons (Fsp3) is 0.750. The van der Waals surface area contributed by atoms with Crippen molar-refractivity contribution in [3.63, 3.8) is 0 Å². The van der Waals surface area contributed by atoms with Crippen LogP contribution in [0.1, 0.15) is 49.8 Å². The van der Waals surface area contributed by atoms with Crippen molar-refractivity contribution in [2.24, 2.45) is 5.92 Å². The van der Waals surface area contributed by atoms with E-state index in [-0.39, 0.29) is 5.97 Å². The fourth-order valence-electron chi connectivity index (χ4n) is 1.71. The first-order chi connectivity index (χ1) is 8.13. The number of carbonyl (C=O) groups is 1. The van der Waals surface area contributed by atoms with E-state index in [9.17, 15) is 4.79 Å². The summed E-state index contributed by atoms with van der Waals surface area (Å²) < 4.78 is 6.72. The van der Waals surface area contributed by atoms with Crippen LogP contribution in [-0.4, -0.2) is 27.6 Å². The number of rotatable bonds is 6. The maximum absolute atomic E-state index is 11.6. The largest absolute Gasteiger partial charge is 0.461 e. The predicted octanol–water partition coefficient (Wildman–Crippen LogP) is 2.20. The molecule has 1 rings (SSSR count). The molecule has 0 aliphatic heterocycles. The van der Waals surface area contributed by atoms with E-state index < -0.39 is 0 Å². The average molecular weight is 239 g/mol. The molecule has 0 fully saturated rings. The van der Waals surface area contributed by atoms with Gasteiger partial charge in [0.15, 0.2) is 5.69 Å². The number of hydrogen-bond acceptors (Lipinski definition) is 4. The smallest absolute Gasteiger partial charge is 0.360 e. The van der Waals surface area contributed by atoms with Gasteiger partial charge in [-0.3, -0.25) is 0 Å². The third-order valence-electron chi connectivity index (χ3n) is 3.04. The highest BCUT2D eigenvalue weighted by Gasteiger charge is 2.18. The first kappa shape index (κ1) is 13.7. The van der Waals surface area contributed by atoms with Crippen molar-refractivity contribution in [1.82, 2.24) is 15.0 Å². The second-order valence-electron chi connectivity index (χ2n) is 4.11. The molecule has 0 amide bonds. The molecule has 1 heterocycles. The van der Waals surface area contributed by atoms with Crippen LogP contribution in [0, 0.1) is 12.8 Å². The zero-order valence-electron chi connectivity index (χ0n) is 11.1. The molecule has 5 nitrogen and oxygen atoms in total. The van der Waals surface area contributed by atoms with Crippen LogP contribution >= 0.6 is 0 Å². The number of hydrogen-bond donors (Lipinski definition) is 0. The monoisotopic (exact) mass is 239 g/mol. The third-order valence-corrected chi connectivity index (χ3v) is 3.04. The number of esters is 1. The molecular formula is C12H21N3O2. The number of ether oxygens (including phenoxy) is 1. The molecule has 0 N–H and O–H groups in total. The van der Waals surface area contributed by atoms with Crippen LogP contribution in [0.3, 0.4) is 0 Å². The third kappa shape index (κ3) is 3.28. The van der Waals surface area contributed by atoms with Crippen LogP contribution in [0.5, 0.6) is 0 Å². The number of nitrogens with zero attached hydrogens (tertiary/aromatic N) is 3. The Morgan fingerprint density at radius 1 is 1.35 bits per heavy atom. The molecule has 0 bridgehead atoms. The summed E-state index contributed by atoms with van der Waals surface area (Å²) in [6.45, 7) is 9.12. The fourth-order valence-corrected chi connectivity index (χ4v) is 1.71. The maximum Gasteiger partial charge on any atom is 0.360 e. The van der Waals surface area contributed by atoms with Gasteiger partial charge < -0.3 is 4.74 Å². The van der Waals surface area contributed by atoms with Gasteiger partial charge in [0, 0.05) is 6.54 Å². The molecule has 0 aliphatic rings. The van der Waals surface area contributed by atoms with E-state index in [1.165, 1.54) is 0 Å². The van der Waals surface area contributed by atoms with Crippen LogP contribution in [0.25, 0.3) is 0 Å². The molecule has 1 aromatic rings. The average Bonchev–Trinajstić information content (AvgIpc) is 2.68. The zero-order chi connectivity index (χ0) is 12.8. The molecule has 17 heavy (non-hydrogen) atoms. The summed E-state index contributed by atoms with van der Waals surface area (Å²) in [6, 6.07) is 0. The lowest BCUT2D eigenvalue weighted by Gasteiger charge is -2.12. The number of carbonyl (C=O) groups excluding carboxylic acids is 1. The Morgan fingerprint density at radius 2 is 2.00 bits per heavy atom. The minimum atomic E-state index is -0.388. The number of aromatic nitrogens is 3. The molecule has 0 atom stereocenters. The van der Waals surface area contributed by atoms with Crippen molar-refractivity contribution < 1.29 is 9.53 Å². The second-order valence-corrected chi connectivity index (χ2v) is 4.11. The Hall–Kier alpha value is -1.39. The SMILES string of the molecule is CCOC(=O)c1nnn(CC(CC)CC)c1C. The first-order valence-corrected chi connectivity index (χ1v) is 6.21. The summed E-state index contributed by atoms with van der Waals surface area (Å²) in [5.74, 6) is 0.186. The lowest BCUT2D eigenvalue weighted by Crippen LogP contribution is -2.13. The molecule has 0 spiro atoms. The Kier molecular flexibility index (Phi) is 5.12. The Bertz CT molecular complexity index is 370. The van der Waals surface area contributed by atoms with E-state index in [1.807, 2.05) is 6.92 Å². The van der Waals surface area contributed by atoms with Crippen molar-refractivity contribution in [3.8, 4) is 0 Å². The van der Waals surface area contributed by atoms with E-state index >= 15 is 0 Å². The van der Waals surface area contributed by atoms with Crippen molar-refractivity contribution in [3.05, 3.63) is 11.4 Å². The topological polar surface area (TPSA) is 57.0 Å². The van der Waals surface area contributed by atoms with Gasteiger partial charge in [0.2, 0.25) is 0 Å². The van der Waals surface area contributed by atoms with Crippen LogP contribution in [0.4, 0.5) is 0 Å². The summed E-state index contributed by atoms with van der Waals surface area (Å²) in [6.07, 6.45) is 2.20. The Morgan fingerprint density at radius 3 is 2.53 bits per heavy atom. The first-order valence-electron chi connectivity index (χ1n) is 6.21. The molecular weight excluding hydrogens is 218 g/mol. The molecule has 0 aliphatic carbocycles. The van der Waals surface area contributed by atoms with E-state index in [1.54, 1.807) is 11.6 Å². The Balaban J connectivity index is 2.79. The highest BCUT2D eigenvalue weighted by molar-refractivity contribution is 5.88. The molecule has 0 aromatic carbocycles. The second kappa shape index (κ2) is 6.37. The molecule has 0 unspecified atom stereocenters. The van der Waals surface area contributed by atoms with Crippen LogP contribution in [0.2, 0.25) is 0 Å². The zero-order valence-corrected chi connectivity index (χ0v) is 11.1. The van der Waals surface area contributed by atoms with Crippen molar-refractivity contribution >= 4 is 5.97 Å². The van der Waals surface area contributed by atoms with Gasteiger partial charge >= 0.3 is 5.97 Å². The summed E-state index contributed by atoms with van der Waals surface area (Å²) >= 11 is 0. The summed E-state index contributed by atoms with van der Waals surface area (Å²) in [5, 5.41) is 7.91. The highest BCUT2D eigenvalue weighted by Crippen LogP contribution is 2.13. The van der Waals surface area contributed by atoms with Gasteiger partial charge in [-0.05, 0) is 19.8 Å². The Labute approximate surface area is 102 Å². The highest BCUT2D eigenvalue weighted by atomic mass is 16.5. The summed E-state index contributed by atoms with van der Waals surface area (Å²) in [5.41, 5.74) is 1.12. The lowest BCUT2D eigenvalue weighted by molar-refractivity contribution is 0.0518. The maximum atomic E-state index is 11.6. The lowest BCUT2D eigenvalue weighted by atomic mass is 10.0. The quantitative estimate of drug-likeness (QED) is 0.714. The van der Waals surface area contributed by atoms with E-state index in [0.29, 0.717) is 18.2 Å². The minimum Gasteiger partial charge on any atom is -0.461 e. The molecule has 0 saturated heterocycles. The minimum absolute atomic E-state index is 0.331. The standard InChI is InChI=1S/C12H21N3O2/c1-5-10(6-2)8-15-9(4)11(13-14-15)12(16)17-7-3/h10H,5-8H2,1-4H3.